The topological polar surface area (TPSA) is 34.0 Å². The van der Waals surface area contributed by atoms with E-state index in [0.717, 1.165) is 24.7 Å². The lowest BCUT2D eigenvalue weighted by Gasteiger charge is -2.16. The van der Waals surface area contributed by atoms with Crippen molar-refractivity contribution in [1.82, 2.24) is 4.57 Å². The maximum absolute atomic E-state index is 11.5. The minimum absolute atomic E-state index is 0.0810. The van der Waals surface area contributed by atoms with Crippen molar-refractivity contribution in [2.24, 2.45) is 5.92 Å². The van der Waals surface area contributed by atoms with E-state index in [-0.39, 0.29) is 5.56 Å². The Kier molecular flexibility index (Phi) is 4.85. The second-order valence-electron chi connectivity index (χ2n) is 5.28. The van der Waals surface area contributed by atoms with Gasteiger partial charge in [0.15, 0.2) is 0 Å². The number of rotatable bonds is 4. The van der Waals surface area contributed by atoms with E-state index in [0.29, 0.717) is 0 Å². The predicted octanol–water partition coefficient (Wildman–Crippen LogP) is 3.25. The molecule has 1 aliphatic rings. The van der Waals surface area contributed by atoms with E-state index >= 15 is 0 Å². The molecule has 1 aliphatic carbocycles. The van der Waals surface area contributed by atoms with Crippen molar-refractivity contribution in [3.8, 4) is 0 Å². The Labute approximate surface area is 109 Å². The molecular weight excluding hydrogens is 224 g/mol. The molecule has 0 aliphatic heterocycles. The third-order valence-corrected chi connectivity index (χ3v) is 3.89. The fourth-order valence-corrected chi connectivity index (χ4v) is 2.71. The van der Waals surface area contributed by atoms with E-state index in [4.69, 9.17) is 0 Å². The van der Waals surface area contributed by atoms with E-state index in [1.807, 2.05) is 19.2 Å². The van der Waals surface area contributed by atoms with Crippen LogP contribution in [0.5, 0.6) is 0 Å². The first-order valence-electron chi connectivity index (χ1n) is 7.24. The van der Waals surface area contributed by atoms with Gasteiger partial charge in [0.25, 0.3) is 5.56 Å². The number of nitrogens with zero attached hydrogens (tertiary/aromatic N) is 1. The van der Waals surface area contributed by atoms with Crippen molar-refractivity contribution in [2.75, 3.05) is 11.9 Å². The summed E-state index contributed by atoms with van der Waals surface area (Å²) in [6.45, 7) is 3.77. The van der Waals surface area contributed by atoms with E-state index in [2.05, 4.69) is 5.32 Å². The molecule has 3 heteroatoms. The molecule has 1 N–H and O–H groups in total. The number of anilines is 1. The molecular formula is C15H24N2O. The summed E-state index contributed by atoms with van der Waals surface area (Å²) in [7, 11) is 0. The molecule has 0 saturated heterocycles. The minimum Gasteiger partial charge on any atom is -0.384 e. The van der Waals surface area contributed by atoms with Crippen LogP contribution in [0.4, 0.5) is 5.69 Å². The number of hydrogen-bond donors (Lipinski definition) is 1. The molecule has 0 aromatic carbocycles. The Morgan fingerprint density at radius 1 is 1.22 bits per heavy atom. The summed E-state index contributed by atoms with van der Waals surface area (Å²) in [4.78, 5) is 11.5. The molecule has 100 valence electrons. The van der Waals surface area contributed by atoms with Gasteiger partial charge in [0.1, 0.15) is 0 Å². The van der Waals surface area contributed by atoms with E-state index in [1.54, 1.807) is 10.6 Å². The van der Waals surface area contributed by atoms with Gasteiger partial charge in [-0.05, 0) is 31.7 Å². The average molecular weight is 248 g/mol. The zero-order chi connectivity index (χ0) is 12.8. The second-order valence-corrected chi connectivity index (χ2v) is 5.28. The van der Waals surface area contributed by atoms with Crippen molar-refractivity contribution in [3.63, 3.8) is 0 Å². The SMILES string of the molecule is CCn1cc(NCC2CCCCCC2)ccc1=O. The highest BCUT2D eigenvalue weighted by Crippen LogP contribution is 2.23. The van der Waals surface area contributed by atoms with Gasteiger partial charge < -0.3 is 9.88 Å². The number of hydrogen-bond acceptors (Lipinski definition) is 2. The highest BCUT2D eigenvalue weighted by atomic mass is 16.1. The van der Waals surface area contributed by atoms with E-state index in [1.165, 1.54) is 38.5 Å². The molecule has 2 rings (SSSR count). The van der Waals surface area contributed by atoms with Crippen LogP contribution in [0.25, 0.3) is 0 Å². The fourth-order valence-electron chi connectivity index (χ4n) is 2.71. The normalized spacial score (nSPS) is 17.4. The molecule has 0 radical (unpaired) electrons. The van der Waals surface area contributed by atoms with Crippen molar-refractivity contribution in [1.29, 1.82) is 0 Å². The van der Waals surface area contributed by atoms with Gasteiger partial charge in [-0.15, -0.1) is 0 Å². The average Bonchev–Trinajstić information content (AvgIpc) is 2.66. The van der Waals surface area contributed by atoms with Crippen LogP contribution < -0.4 is 10.9 Å². The molecule has 0 bridgehead atoms. The predicted molar refractivity (Wildman–Crippen MR) is 76.1 cm³/mol. The molecule has 1 heterocycles. The summed E-state index contributed by atoms with van der Waals surface area (Å²) >= 11 is 0. The standard InChI is InChI=1S/C15H24N2O/c1-2-17-12-14(9-10-15(17)18)16-11-13-7-5-3-4-6-8-13/h9-10,12-13,16H,2-8,11H2,1H3. The first-order valence-corrected chi connectivity index (χ1v) is 7.24. The molecule has 1 fully saturated rings. The highest BCUT2D eigenvalue weighted by molar-refractivity contribution is 5.40. The van der Waals surface area contributed by atoms with Gasteiger partial charge >= 0.3 is 0 Å². The van der Waals surface area contributed by atoms with Crippen LogP contribution in [0.2, 0.25) is 0 Å². The molecule has 0 unspecified atom stereocenters. The van der Waals surface area contributed by atoms with Gasteiger partial charge in [0.05, 0.1) is 5.69 Å². The van der Waals surface area contributed by atoms with E-state index < -0.39 is 0 Å². The molecule has 1 aromatic rings. The quantitative estimate of drug-likeness (QED) is 0.830. The van der Waals surface area contributed by atoms with Crippen LogP contribution in [-0.2, 0) is 6.54 Å². The van der Waals surface area contributed by atoms with Crippen molar-refractivity contribution in [3.05, 3.63) is 28.7 Å². The van der Waals surface area contributed by atoms with Crippen molar-refractivity contribution >= 4 is 5.69 Å². The van der Waals surface area contributed by atoms with Gasteiger partial charge in [0, 0.05) is 25.4 Å². The fraction of sp³-hybridized carbons (Fsp3) is 0.667. The van der Waals surface area contributed by atoms with Crippen LogP contribution in [0.15, 0.2) is 23.1 Å². The smallest absolute Gasteiger partial charge is 0.250 e. The Bertz CT molecular complexity index is 417. The highest BCUT2D eigenvalue weighted by Gasteiger charge is 2.11. The van der Waals surface area contributed by atoms with E-state index in [9.17, 15) is 4.79 Å². The van der Waals surface area contributed by atoms with Crippen LogP contribution in [0.1, 0.15) is 45.4 Å². The van der Waals surface area contributed by atoms with Gasteiger partial charge in [-0.25, -0.2) is 0 Å². The maximum atomic E-state index is 11.5. The first kappa shape index (κ1) is 13.2. The second kappa shape index (κ2) is 6.62. The monoisotopic (exact) mass is 248 g/mol. The summed E-state index contributed by atoms with van der Waals surface area (Å²) < 4.78 is 1.75. The van der Waals surface area contributed by atoms with Crippen molar-refractivity contribution < 1.29 is 0 Å². The van der Waals surface area contributed by atoms with Crippen LogP contribution in [0.3, 0.4) is 0 Å². The summed E-state index contributed by atoms with van der Waals surface area (Å²) in [5, 5.41) is 3.48. The lowest BCUT2D eigenvalue weighted by Crippen LogP contribution is -2.19. The third-order valence-electron chi connectivity index (χ3n) is 3.89. The molecule has 0 atom stereocenters. The van der Waals surface area contributed by atoms with Crippen LogP contribution in [0, 0.1) is 5.92 Å². The Hall–Kier alpha value is -1.25. The Morgan fingerprint density at radius 3 is 2.61 bits per heavy atom. The van der Waals surface area contributed by atoms with Crippen LogP contribution in [-0.4, -0.2) is 11.1 Å². The molecule has 1 saturated carbocycles. The van der Waals surface area contributed by atoms with Crippen molar-refractivity contribution in [2.45, 2.75) is 52.0 Å². The maximum Gasteiger partial charge on any atom is 0.250 e. The van der Waals surface area contributed by atoms with Gasteiger partial charge in [-0.1, -0.05) is 25.7 Å². The summed E-state index contributed by atoms with van der Waals surface area (Å²) in [5.74, 6) is 0.800. The number of aryl methyl sites for hydroxylation is 1. The molecule has 18 heavy (non-hydrogen) atoms. The third kappa shape index (κ3) is 3.62. The number of pyridine rings is 1. The first-order chi connectivity index (χ1) is 8.79. The zero-order valence-corrected chi connectivity index (χ0v) is 11.3. The largest absolute Gasteiger partial charge is 0.384 e. The lowest BCUT2D eigenvalue weighted by atomic mass is 10.0. The van der Waals surface area contributed by atoms with Crippen LogP contribution >= 0.6 is 0 Å². The summed E-state index contributed by atoms with van der Waals surface area (Å²) in [6, 6.07) is 3.55. The minimum atomic E-state index is 0.0810. The number of aromatic nitrogens is 1. The summed E-state index contributed by atoms with van der Waals surface area (Å²) in [5.41, 5.74) is 1.15. The Balaban J connectivity index is 1.90. The lowest BCUT2D eigenvalue weighted by molar-refractivity contribution is 0.483. The molecule has 0 amide bonds. The molecule has 1 aromatic heterocycles. The van der Waals surface area contributed by atoms with Gasteiger partial charge in [-0.3, -0.25) is 4.79 Å². The van der Waals surface area contributed by atoms with Gasteiger partial charge in [0.2, 0.25) is 0 Å². The molecule has 0 spiro atoms. The Morgan fingerprint density at radius 2 is 1.94 bits per heavy atom. The number of nitrogens with one attached hydrogen (secondary N) is 1. The summed E-state index contributed by atoms with van der Waals surface area (Å²) in [6.07, 6.45) is 10.2. The zero-order valence-electron chi connectivity index (χ0n) is 11.3. The molecule has 3 nitrogen and oxygen atoms in total. The van der Waals surface area contributed by atoms with Gasteiger partial charge in [-0.2, -0.15) is 0 Å².